The largest absolute Gasteiger partial charge is 0.493 e. The Balaban J connectivity index is 0.00000420. The standard InChI is InChI=1S/C22H37N3O3.HI/c1-5-23-22(24-9-11-27-14-17(2)3)25-13-20-7-6-18(4)12-21(20)28-16-19-8-10-26-15-19;/h6-7,12,17,19H,5,8-11,13-16H2,1-4H3,(H2,23,24,25);1H. The molecule has 29 heavy (non-hydrogen) atoms. The van der Waals surface area contributed by atoms with Crippen LogP contribution in [-0.4, -0.2) is 52.1 Å². The van der Waals surface area contributed by atoms with Crippen LogP contribution in [0.4, 0.5) is 0 Å². The third-order valence-corrected chi connectivity index (χ3v) is 4.46. The van der Waals surface area contributed by atoms with E-state index in [4.69, 9.17) is 19.2 Å². The summed E-state index contributed by atoms with van der Waals surface area (Å²) in [6.07, 6.45) is 1.08. The number of hydrogen-bond acceptors (Lipinski definition) is 4. The van der Waals surface area contributed by atoms with Crippen molar-refractivity contribution in [2.45, 2.75) is 40.7 Å². The first-order chi connectivity index (χ1) is 13.6. The smallest absolute Gasteiger partial charge is 0.191 e. The zero-order chi connectivity index (χ0) is 20.2. The minimum absolute atomic E-state index is 0. The van der Waals surface area contributed by atoms with Gasteiger partial charge in [-0.1, -0.05) is 26.0 Å². The molecule has 1 aliphatic rings. The van der Waals surface area contributed by atoms with E-state index in [2.05, 4.69) is 56.5 Å². The number of rotatable bonds is 11. The molecule has 6 nitrogen and oxygen atoms in total. The number of aryl methyl sites for hydroxylation is 1. The zero-order valence-electron chi connectivity index (χ0n) is 18.3. The Labute approximate surface area is 193 Å². The quantitative estimate of drug-likeness (QED) is 0.202. The molecule has 166 valence electrons. The van der Waals surface area contributed by atoms with Crippen LogP contribution in [0.3, 0.4) is 0 Å². The maximum Gasteiger partial charge on any atom is 0.191 e. The Kier molecular flexibility index (Phi) is 13.3. The van der Waals surface area contributed by atoms with Crippen LogP contribution >= 0.6 is 24.0 Å². The maximum atomic E-state index is 6.12. The Hall–Kier alpha value is -1.06. The first-order valence-corrected chi connectivity index (χ1v) is 10.5. The van der Waals surface area contributed by atoms with Gasteiger partial charge >= 0.3 is 0 Å². The molecule has 1 fully saturated rings. The van der Waals surface area contributed by atoms with Gasteiger partial charge in [-0.2, -0.15) is 0 Å². The first kappa shape index (κ1) is 26.0. The Bertz CT molecular complexity index is 605. The van der Waals surface area contributed by atoms with E-state index in [1.807, 2.05) is 0 Å². The van der Waals surface area contributed by atoms with E-state index < -0.39 is 0 Å². The first-order valence-electron chi connectivity index (χ1n) is 10.5. The van der Waals surface area contributed by atoms with E-state index >= 15 is 0 Å². The minimum atomic E-state index is 0. The highest BCUT2D eigenvalue weighted by molar-refractivity contribution is 14.0. The normalized spacial score (nSPS) is 16.6. The number of ether oxygens (including phenoxy) is 3. The lowest BCUT2D eigenvalue weighted by atomic mass is 10.1. The molecule has 0 bridgehead atoms. The number of hydrogen-bond donors (Lipinski definition) is 2. The number of guanidine groups is 1. The molecule has 1 atom stereocenters. The fraction of sp³-hybridized carbons (Fsp3) is 0.682. The average Bonchev–Trinajstić information content (AvgIpc) is 3.18. The number of halogens is 1. The summed E-state index contributed by atoms with van der Waals surface area (Å²) < 4.78 is 17.2. The molecule has 1 heterocycles. The van der Waals surface area contributed by atoms with Crippen molar-refractivity contribution in [2.75, 3.05) is 46.1 Å². The monoisotopic (exact) mass is 519 g/mol. The highest BCUT2D eigenvalue weighted by Gasteiger charge is 2.17. The van der Waals surface area contributed by atoms with Crippen molar-refractivity contribution in [1.29, 1.82) is 0 Å². The van der Waals surface area contributed by atoms with Gasteiger partial charge in [-0.3, -0.25) is 0 Å². The van der Waals surface area contributed by atoms with Gasteiger partial charge in [0.1, 0.15) is 5.75 Å². The number of nitrogens with one attached hydrogen (secondary N) is 2. The third-order valence-electron chi connectivity index (χ3n) is 4.46. The topological polar surface area (TPSA) is 64.1 Å². The molecule has 1 saturated heterocycles. The molecule has 1 aromatic carbocycles. The molecule has 0 radical (unpaired) electrons. The van der Waals surface area contributed by atoms with Gasteiger partial charge < -0.3 is 24.8 Å². The van der Waals surface area contributed by atoms with Gasteiger partial charge in [-0.05, 0) is 37.8 Å². The average molecular weight is 519 g/mol. The van der Waals surface area contributed by atoms with Gasteiger partial charge in [0.15, 0.2) is 5.96 Å². The Morgan fingerprint density at radius 3 is 2.83 bits per heavy atom. The second-order valence-corrected chi connectivity index (χ2v) is 7.74. The molecule has 2 rings (SSSR count). The van der Waals surface area contributed by atoms with Crippen molar-refractivity contribution >= 4 is 29.9 Å². The van der Waals surface area contributed by atoms with Crippen LogP contribution in [0.2, 0.25) is 0 Å². The van der Waals surface area contributed by atoms with Crippen molar-refractivity contribution in [3.63, 3.8) is 0 Å². The predicted octanol–water partition coefficient (Wildman–Crippen LogP) is 3.76. The van der Waals surface area contributed by atoms with E-state index in [1.54, 1.807) is 0 Å². The fourth-order valence-corrected chi connectivity index (χ4v) is 2.92. The summed E-state index contributed by atoms with van der Waals surface area (Å²) in [6.45, 7) is 14.4. The molecule has 0 amide bonds. The molecular formula is C22H38IN3O3. The number of benzene rings is 1. The van der Waals surface area contributed by atoms with Gasteiger partial charge in [0, 0.05) is 37.8 Å². The second-order valence-electron chi connectivity index (χ2n) is 7.74. The van der Waals surface area contributed by atoms with Gasteiger partial charge in [-0.15, -0.1) is 24.0 Å². The van der Waals surface area contributed by atoms with Crippen LogP contribution in [0.1, 0.15) is 38.3 Å². The second kappa shape index (κ2) is 14.8. The van der Waals surface area contributed by atoms with E-state index in [0.717, 1.165) is 56.6 Å². The Morgan fingerprint density at radius 2 is 2.14 bits per heavy atom. The fourth-order valence-electron chi connectivity index (χ4n) is 2.92. The lowest BCUT2D eigenvalue weighted by molar-refractivity contribution is 0.114. The van der Waals surface area contributed by atoms with Crippen LogP contribution in [0, 0.1) is 18.8 Å². The van der Waals surface area contributed by atoms with Gasteiger partial charge in [0.2, 0.25) is 0 Å². The molecule has 0 saturated carbocycles. The number of aliphatic imine (C=N–C) groups is 1. The van der Waals surface area contributed by atoms with Gasteiger partial charge in [-0.25, -0.2) is 4.99 Å². The van der Waals surface area contributed by atoms with Gasteiger partial charge in [0.05, 0.1) is 26.4 Å². The summed E-state index contributed by atoms with van der Waals surface area (Å²) in [4.78, 5) is 4.72. The summed E-state index contributed by atoms with van der Waals surface area (Å²) in [7, 11) is 0. The molecule has 7 heteroatoms. The lowest BCUT2D eigenvalue weighted by Crippen LogP contribution is -2.39. The van der Waals surface area contributed by atoms with Crippen molar-refractivity contribution < 1.29 is 14.2 Å². The van der Waals surface area contributed by atoms with Crippen LogP contribution in [-0.2, 0) is 16.0 Å². The lowest BCUT2D eigenvalue weighted by Gasteiger charge is -2.15. The molecule has 2 N–H and O–H groups in total. The van der Waals surface area contributed by atoms with E-state index in [1.165, 1.54) is 5.56 Å². The van der Waals surface area contributed by atoms with Crippen LogP contribution in [0.5, 0.6) is 5.75 Å². The zero-order valence-corrected chi connectivity index (χ0v) is 20.7. The summed E-state index contributed by atoms with van der Waals surface area (Å²) in [5.41, 5.74) is 2.29. The summed E-state index contributed by atoms with van der Waals surface area (Å²) in [6, 6.07) is 6.31. The molecule has 1 aliphatic heterocycles. The molecular weight excluding hydrogens is 481 g/mol. The molecule has 0 spiro atoms. The molecule has 0 aliphatic carbocycles. The van der Waals surface area contributed by atoms with E-state index in [9.17, 15) is 0 Å². The molecule has 1 aromatic rings. The highest BCUT2D eigenvalue weighted by Crippen LogP contribution is 2.23. The summed E-state index contributed by atoms with van der Waals surface area (Å²) in [5.74, 6) is 2.76. The summed E-state index contributed by atoms with van der Waals surface area (Å²) in [5, 5.41) is 6.61. The van der Waals surface area contributed by atoms with Crippen LogP contribution < -0.4 is 15.4 Å². The van der Waals surface area contributed by atoms with Crippen molar-refractivity contribution in [1.82, 2.24) is 10.6 Å². The highest BCUT2D eigenvalue weighted by atomic mass is 127. The van der Waals surface area contributed by atoms with E-state index in [0.29, 0.717) is 31.6 Å². The predicted molar refractivity (Wildman–Crippen MR) is 129 cm³/mol. The Morgan fingerprint density at radius 1 is 1.31 bits per heavy atom. The third kappa shape index (κ3) is 10.5. The van der Waals surface area contributed by atoms with Crippen molar-refractivity contribution in [3.8, 4) is 5.75 Å². The van der Waals surface area contributed by atoms with Crippen molar-refractivity contribution in [3.05, 3.63) is 29.3 Å². The summed E-state index contributed by atoms with van der Waals surface area (Å²) >= 11 is 0. The van der Waals surface area contributed by atoms with Gasteiger partial charge in [0.25, 0.3) is 0 Å². The minimum Gasteiger partial charge on any atom is -0.493 e. The molecule has 0 aromatic heterocycles. The van der Waals surface area contributed by atoms with Crippen LogP contribution in [0.15, 0.2) is 23.2 Å². The number of nitrogens with zero attached hydrogens (tertiary/aromatic N) is 1. The molecule has 1 unspecified atom stereocenters. The SMILES string of the molecule is CCNC(=NCc1ccc(C)cc1OCC1CCOC1)NCCOCC(C)C.I. The van der Waals surface area contributed by atoms with Crippen LogP contribution in [0.25, 0.3) is 0 Å². The van der Waals surface area contributed by atoms with Crippen molar-refractivity contribution in [2.24, 2.45) is 16.8 Å². The van der Waals surface area contributed by atoms with E-state index in [-0.39, 0.29) is 24.0 Å². The maximum absolute atomic E-state index is 6.12.